The number of anilines is 2. The van der Waals surface area contributed by atoms with Crippen LogP contribution in [-0.4, -0.2) is 36.1 Å². The Morgan fingerprint density at radius 2 is 1.81 bits per heavy atom. The third-order valence-electron chi connectivity index (χ3n) is 4.77. The van der Waals surface area contributed by atoms with Gasteiger partial charge in [-0.25, -0.2) is 4.98 Å². The van der Waals surface area contributed by atoms with Crippen LogP contribution in [0.25, 0.3) is 11.3 Å². The van der Waals surface area contributed by atoms with Crippen molar-refractivity contribution in [3.63, 3.8) is 0 Å². The summed E-state index contributed by atoms with van der Waals surface area (Å²) in [5.41, 5.74) is 4.61. The lowest BCUT2D eigenvalue weighted by molar-refractivity contribution is 0.233. The maximum Gasteiger partial charge on any atom is 0.107 e. The van der Waals surface area contributed by atoms with E-state index in [9.17, 15) is 0 Å². The lowest BCUT2D eigenvalue weighted by atomic mass is 10.1. The SMILES string of the molecule is Cl.c1ccc2c(c1)Nc1cc(-c3csc(CN4CCNCC4)n3)ccc1S2. The molecule has 0 unspecified atom stereocenters. The molecule has 0 spiro atoms. The molecule has 1 saturated heterocycles. The van der Waals surface area contributed by atoms with Crippen LogP contribution in [0.1, 0.15) is 5.01 Å². The minimum atomic E-state index is 0. The second-order valence-corrected chi connectivity index (χ2v) is 8.61. The van der Waals surface area contributed by atoms with Crippen LogP contribution >= 0.6 is 35.5 Å². The summed E-state index contributed by atoms with van der Waals surface area (Å²) in [4.78, 5) is 9.91. The number of para-hydroxylation sites is 1. The van der Waals surface area contributed by atoms with E-state index in [1.54, 1.807) is 11.3 Å². The molecule has 140 valence electrons. The van der Waals surface area contributed by atoms with E-state index < -0.39 is 0 Å². The fourth-order valence-corrected chi connectivity index (χ4v) is 5.19. The van der Waals surface area contributed by atoms with Gasteiger partial charge in [-0.3, -0.25) is 4.90 Å². The van der Waals surface area contributed by atoms with Gasteiger partial charge in [0.1, 0.15) is 5.01 Å². The number of benzene rings is 2. The van der Waals surface area contributed by atoms with E-state index in [1.807, 2.05) is 11.8 Å². The summed E-state index contributed by atoms with van der Waals surface area (Å²) in [6, 6.07) is 15.1. The number of thiazole rings is 1. The Morgan fingerprint density at radius 3 is 2.70 bits per heavy atom. The van der Waals surface area contributed by atoms with Gasteiger partial charge in [0.25, 0.3) is 0 Å². The van der Waals surface area contributed by atoms with Crippen molar-refractivity contribution < 1.29 is 0 Å². The molecule has 0 aliphatic carbocycles. The largest absolute Gasteiger partial charge is 0.354 e. The van der Waals surface area contributed by atoms with E-state index in [1.165, 1.54) is 31.7 Å². The molecule has 2 aliphatic rings. The number of halogens is 1. The van der Waals surface area contributed by atoms with Gasteiger partial charge < -0.3 is 10.6 Å². The maximum atomic E-state index is 4.89. The number of aromatic nitrogens is 1. The first kappa shape index (κ1) is 18.8. The first-order valence-electron chi connectivity index (χ1n) is 8.91. The minimum absolute atomic E-state index is 0. The normalized spacial score (nSPS) is 16.0. The van der Waals surface area contributed by atoms with Gasteiger partial charge in [-0.05, 0) is 24.3 Å². The highest BCUT2D eigenvalue weighted by Gasteiger charge is 2.17. The lowest BCUT2D eigenvalue weighted by Gasteiger charge is -2.26. The number of piperazine rings is 1. The molecule has 0 amide bonds. The summed E-state index contributed by atoms with van der Waals surface area (Å²) >= 11 is 3.59. The standard InChI is InChI=1S/C20H20N4S2.ClH/c1-2-4-18-15(3-1)22-16-11-14(5-6-19(16)26-18)17-13-25-20(23-17)12-24-9-7-21-8-10-24;/h1-6,11,13,21-22H,7-10,12H2;1H. The molecule has 2 aromatic carbocycles. The van der Waals surface area contributed by atoms with Gasteiger partial charge in [-0.1, -0.05) is 30.0 Å². The molecule has 5 rings (SSSR count). The van der Waals surface area contributed by atoms with E-state index in [0.717, 1.165) is 38.4 Å². The highest BCUT2D eigenvalue weighted by molar-refractivity contribution is 7.99. The summed E-state index contributed by atoms with van der Waals surface area (Å²) in [7, 11) is 0. The molecule has 0 saturated carbocycles. The van der Waals surface area contributed by atoms with Crippen LogP contribution in [0.15, 0.2) is 57.6 Å². The minimum Gasteiger partial charge on any atom is -0.354 e. The molecule has 0 atom stereocenters. The third kappa shape index (κ3) is 4.00. The van der Waals surface area contributed by atoms with Gasteiger partial charge >= 0.3 is 0 Å². The first-order valence-corrected chi connectivity index (χ1v) is 10.6. The van der Waals surface area contributed by atoms with Gasteiger partial charge in [0.05, 0.1) is 23.6 Å². The molecule has 2 N–H and O–H groups in total. The van der Waals surface area contributed by atoms with Crippen LogP contribution in [0, 0.1) is 0 Å². The molecule has 0 bridgehead atoms. The highest BCUT2D eigenvalue weighted by atomic mass is 35.5. The zero-order valence-corrected chi connectivity index (χ0v) is 17.2. The highest BCUT2D eigenvalue weighted by Crippen LogP contribution is 2.45. The van der Waals surface area contributed by atoms with Gasteiger partial charge in [0, 0.05) is 46.9 Å². The first-order chi connectivity index (χ1) is 12.8. The maximum absolute atomic E-state index is 4.89. The number of rotatable bonds is 3. The zero-order valence-electron chi connectivity index (χ0n) is 14.8. The summed E-state index contributed by atoms with van der Waals surface area (Å²) < 4.78 is 0. The van der Waals surface area contributed by atoms with Crippen molar-refractivity contribution in [3.05, 3.63) is 52.9 Å². The van der Waals surface area contributed by atoms with Crippen molar-refractivity contribution in [2.45, 2.75) is 16.3 Å². The van der Waals surface area contributed by atoms with E-state index in [0.29, 0.717) is 0 Å². The average Bonchev–Trinajstić information content (AvgIpc) is 3.15. The lowest BCUT2D eigenvalue weighted by Crippen LogP contribution is -2.42. The molecule has 0 radical (unpaired) electrons. The monoisotopic (exact) mass is 416 g/mol. The van der Waals surface area contributed by atoms with E-state index in [-0.39, 0.29) is 12.4 Å². The Hall–Kier alpha value is -1.57. The molecule has 2 aliphatic heterocycles. The van der Waals surface area contributed by atoms with Crippen LogP contribution in [0.2, 0.25) is 0 Å². The second-order valence-electron chi connectivity index (χ2n) is 6.59. The Morgan fingerprint density at radius 1 is 1.00 bits per heavy atom. The summed E-state index contributed by atoms with van der Waals surface area (Å²) in [6.45, 7) is 5.32. The van der Waals surface area contributed by atoms with Crippen LogP contribution < -0.4 is 10.6 Å². The van der Waals surface area contributed by atoms with Crippen molar-refractivity contribution >= 4 is 46.9 Å². The predicted molar refractivity (Wildman–Crippen MR) is 117 cm³/mol. The molecule has 1 fully saturated rings. The van der Waals surface area contributed by atoms with Crippen LogP contribution in [0.5, 0.6) is 0 Å². The topological polar surface area (TPSA) is 40.2 Å². The molecular formula is C20H21ClN4S2. The van der Waals surface area contributed by atoms with Crippen molar-refractivity contribution in [2.75, 3.05) is 31.5 Å². The third-order valence-corrected chi connectivity index (χ3v) is 6.76. The van der Waals surface area contributed by atoms with Crippen LogP contribution in [0.3, 0.4) is 0 Å². The molecule has 3 heterocycles. The smallest absolute Gasteiger partial charge is 0.107 e. The van der Waals surface area contributed by atoms with Gasteiger partial charge in [-0.15, -0.1) is 23.7 Å². The summed E-state index contributed by atoms with van der Waals surface area (Å²) in [5.74, 6) is 0. The zero-order chi connectivity index (χ0) is 17.3. The molecule has 27 heavy (non-hydrogen) atoms. The second kappa shape index (κ2) is 8.20. The Balaban J connectivity index is 0.00000180. The molecule has 4 nitrogen and oxygen atoms in total. The van der Waals surface area contributed by atoms with Crippen molar-refractivity contribution in [3.8, 4) is 11.3 Å². The van der Waals surface area contributed by atoms with Crippen LogP contribution in [-0.2, 0) is 6.54 Å². The Labute approximate surface area is 173 Å². The van der Waals surface area contributed by atoms with Crippen molar-refractivity contribution in [1.29, 1.82) is 0 Å². The molecule has 7 heteroatoms. The van der Waals surface area contributed by atoms with Crippen molar-refractivity contribution in [1.82, 2.24) is 15.2 Å². The number of hydrogen-bond donors (Lipinski definition) is 2. The van der Waals surface area contributed by atoms with Crippen molar-refractivity contribution in [2.24, 2.45) is 0 Å². The number of nitrogens with one attached hydrogen (secondary N) is 2. The fourth-order valence-electron chi connectivity index (χ4n) is 3.38. The van der Waals surface area contributed by atoms with Gasteiger partial charge in [-0.2, -0.15) is 0 Å². The van der Waals surface area contributed by atoms with E-state index >= 15 is 0 Å². The predicted octanol–water partition coefficient (Wildman–Crippen LogP) is 4.85. The Kier molecular flexibility index (Phi) is 5.71. The van der Waals surface area contributed by atoms with Crippen LogP contribution in [0.4, 0.5) is 11.4 Å². The summed E-state index contributed by atoms with van der Waals surface area (Å²) in [6.07, 6.45) is 0. The fraction of sp³-hybridized carbons (Fsp3) is 0.250. The van der Waals surface area contributed by atoms with E-state index in [2.05, 4.69) is 63.4 Å². The van der Waals surface area contributed by atoms with E-state index in [4.69, 9.17) is 4.98 Å². The summed E-state index contributed by atoms with van der Waals surface area (Å²) in [5, 5.41) is 10.3. The number of nitrogens with zero attached hydrogens (tertiary/aromatic N) is 2. The quantitative estimate of drug-likeness (QED) is 0.499. The molecular weight excluding hydrogens is 396 g/mol. The average molecular weight is 417 g/mol. The number of hydrogen-bond acceptors (Lipinski definition) is 6. The number of fused-ring (bicyclic) bond motifs is 2. The van der Waals surface area contributed by atoms with Gasteiger partial charge in [0.15, 0.2) is 0 Å². The molecule has 1 aromatic heterocycles. The Bertz CT molecular complexity index is 937. The molecule has 3 aromatic rings. The van der Waals surface area contributed by atoms with Gasteiger partial charge in [0.2, 0.25) is 0 Å².